The van der Waals surface area contributed by atoms with E-state index in [9.17, 15) is 0 Å². The van der Waals surface area contributed by atoms with Gasteiger partial charge in [0.25, 0.3) is 0 Å². The van der Waals surface area contributed by atoms with E-state index < -0.39 is 0 Å². The van der Waals surface area contributed by atoms with Crippen LogP contribution in [0.2, 0.25) is 0 Å². The SMILES string of the molecule is c1ccc(-c2cc(-c3ccc(-c4c(-c5ccccc5)c(N5c6ccccc6N(c6ccccc6)c6ccccc65)c(-c5ccccc5)c(-c5ccc(-c6cc(-c7ccccc7)nc(-c7ccccc7)n6)cc5)c4N4c5ccccc5N(c5ccccc5)c5ccccc54)cc3)nc(-c3ccccc3)n2)cc1. The lowest BCUT2D eigenvalue weighted by molar-refractivity contribution is 1.16. The third-order valence-electron chi connectivity index (χ3n) is 20.1. The van der Waals surface area contributed by atoms with Crippen molar-refractivity contribution in [1.82, 2.24) is 19.9 Å². The van der Waals surface area contributed by atoms with E-state index in [1.807, 2.05) is 48.5 Å². The first-order valence-corrected chi connectivity index (χ1v) is 35.9. The standard InChI is InChI=1S/C98H66N8/c1-9-33-67(34-10-1)79-65-81(101-97(99-79)75-41-17-5-18-42-75)69-57-61-73(62-58-69)93-91(71-37-13-3-14-38-71)95(105-87-53-29-25-49-83(87)103(77-45-21-7-22-46-77)84-50-26-30-54-88(84)105)92(72-39-15-4-16-40-72)94(96(93)106-89-55-31-27-51-85(89)104(78-47-23-8-24-48-78)86-52-28-32-56-90(86)106)74-63-59-70(60-64-74)82-66-80(68-35-11-2-12-36-68)100-98(102-82)76-43-19-6-20-44-76/h1-66H. The van der Waals surface area contributed by atoms with E-state index >= 15 is 0 Å². The van der Waals surface area contributed by atoms with Crippen molar-refractivity contribution in [2.75, 3.05) is 19.6 Å². The van der Waals surface area contributed by atoms with Crippen LogP contribution in [0.15, 0.2) is 400 Å². The summed E-state index contributed by atoms with van der Waals surface area (Å²) in [5.41, 5.74) is 29.5. The van der Waals surface area contributed by atoms with Gasteiger partial charge in [0.05, 0.1) is 79.6 Å². The third-order valence-corrected chi connectivity index (χ3v) is 20.1. The molecule has 498 valence electrons. The summed E-state index contributed by atoms with van der Waals surface area (Å²) in [5.74, 6) is 1.30. The average molecular weight is 1360 g/mol. The summed E-state index contributed by atoms with van der Waals surface area (Å²) < 4.78 is 0. The Bertz CT molecular complexity index is 5600. The molecule has 0 spiro atoms. The number of fused-ring (bicyclic) bond motifs is 4. The topological polar surface area (TPSA) is 64.5 Å². The third kappa shape index (κ3) is 11.3. The number of hydrogen-bond donors (Lipinski definition) is 0. The van der Waals surface area contributed by atoms with Gasteiger partial charge in [-0.1, -0.05) is 315 Å². The molecule has 2 aromatic heterocycles. The number of aromatic nitrogens is 4. The highest BCUT2D eigenvalue weighted by Gasteiger charge is 2.41. The molecule has 0 unspecified atom stereocenters. The maximum absolute atomic E-state index is 5.41. The van der Waals surface area contributed by atoms with Gasteiger partial charge in [-0.3, -0.25) is 0 Å². The van der Waals surface area contributed by atoms with Crippen LogP contribution >= 0.6 is 0 Å². The van der Waals surface area contributed by atoms with E-state index in [-0.39, 0.29) is 0 Å². The van der Waals surface area contributed by atoms with Gasteiger partial charge in [0, 0.05) is 67.0 Å². The molecule has 19 rings (SSSR count). The highest BCUT2D eigenvalue weighted by Crippen LogP contribution is 2.66. The van der Waals surface area contributed by atoms with E-state index in [1.165, 1.54) is 0 Å². The molecular formula is C98H66N8. The Morgan fingerprint density at radius 1 is 0.151 bits per heavy atom. The van der Waals surface area contributed by atoms with Crippen LogP contribution in [0.4, 0.5) is 68.2 Å². The van der Waals surface area contributed by atoms with E-state index in [4.69, 9.17) is 19.9 Å². The van der Waals surface area contributed by atoms with Gasteiger partial charge < -0.3 is 19.6 Å². The number of anilines is 12. The fourth-order valence-electron chi connectivity index (χ4n) is 15.3. The van der Waals surface area contributed by atoms with Crippen molar-refractivity contribution in [2.45, 2.75) is 0 Å². The van der Waals surface area contributed by atoms with E-state index in [2.05, 4.69) is 371 Å². The first-order valence-electron chi connectivity index (χ1n) is 35.9. The molecule has 0 amide bonds. The maximum Gasteiger partial charge on any atom is 0.160 e. The Labute approximate surface area is 616 Å². The summed E-state index contributed by atoms with van der Waals surface area (Å²) >= 11 is 0. The second kappa shape index (κ2) is 27.2. The molecule has 0 saturated heterocycles. The lowest BCUT2D eigenvalue weighted by Crippen LogP contribution is -2.27. The first kappa shape index (κ1) is 62.6. The summed E-state index contributed by atoms with van der Waals surface area (Å²) in [6, 6.07) is 143. The summed E-state index contributed by atoms with van der Waals surface area (Å²) in [4.78, 5) is 31.3. The van der Waals surface area contributed by atoms with E-state index in [1.54, 1.807) is 0 Å². The minimum Gasteiger partial charge on any atom is -0.306 e. The van der Waals surface area contributed by atoms with Crippen molar-refractivity contribution in [2.24, 2.45) is 0 Å². The molecule has 8 heteroatoms. The molecule has 0 atom stereocenters. The van der Waals surface area contributed by atoms with Crippen molar-refractivity contribution in [3.63, 3.8) is 0 Å². The first-order chi connectivity index (χ1) is 52.6. The van der Waals surface area contributed by atoms with Crippen LogP contribution in [0.1, 0.15) is 0 Å². The second-order valence-corrected chi connectivity index (χ2v) is 26.4. The molecule has 0 aliphatic carbocycles. The normalized spacial score (nSPS) is 12.1. The Morgan fingerprint density at radius 2 is 0.330 bits per heavy atom. The van der Waals surface area contributed by atoms with Gasteiger partial charge in [-0.15, -0.1) is 0 Å². The van der Waals surface area contributed by atoms with Crippen molar-refractivity contribution in [1.29, 1.82) is 0 Å². The van der Waals surface area contributed by atoms with Crippen LogP contribution in [0.3, 0.4) is 0 Å². The monoisotopic (exact) mass is 1350 g/mol. The minimum absolute atomic E-state index is 0.652. The van der Waals surface area contributed by atoms with Gasteiger partial charge in [-0.2, -0.15) is 0 Å². The Balaban J connectivity index is 0.966. The molecule has 15 aromatic carbocycles. The summed E-state index contributed by atoms with van der Waals surface area (Å²) in [6.07, 6.45) is 0. The summed E-state index contributed by atoms with van der Waals surface area (Å²) in [6.45, 7) is 0. The van der Waals surface area contributed by atoms with Gasteiger partial charge >= 0.3 is 0 Å². The number of hydrogen-bond acceptors (Lipinski definition) is 8. The van der Waals surface area contributed by atoms with Crippen molar-refractivity contribution in [3.05, 3.63) is 400 Å². The van der Waals surface area contributed by atoms with Gasteiger partial charge in [0.2, 0.25) is 0 Å². The van der Waals surface area contributed by atoms with Gasteiger partial charge in [0.15, 0.2) is 11.6 Å². The number of para-hydroxylation sites is 10. The van der Waals surface area contributed by atoms with Gasteiger partial charge in [-0.25, -0.2) is 19.9 Å². The van der Waals surface area contributed by atoms with Crippen molar-refractivity contribution in [3.8, 4) is 112 Å². The van der Waals surface area contributed by atoms with Crippen LogP contribution in [0.25, 0.3) is 112 Å². The van der Waals surface area contributed by atoms with Crippen LogP contribution in [-0.4, -0.2) is 19.9 Å². The van der Waals surface area contributed by atoms with E-state index in [0.717, 1.165) is 169 Å². The van der Waals surface area contributed by atoms with Crippen molar-refractivity contribution < 1.29 is 0 Å². The minimum atomic E-state index is 0.652. The fourth-order valence-corrected chi connectivity index (χ4v) is 15.3. The molecule has 106 heavy (non-hydrogen) atoms. The maximum atomic E-state index is 5.41. The number of benzene rings is 15. The van der Waals surface area contributed by atoms with Crippen LogP contribution in [0, 0.1) is 0 Å². The van der Waals surface area contributed by atoms with Crippen LogP contribution in [0.5, 0.6) is 0 Å². The lowest BCUT2D eigenvalue weighted by Gasteiger charge is -2.45. The van der Waals surface area contributed by atoms with Crippen LogP contribution < -0.4 is 19.6 Å². The predicted molar refractivity (Wildman–Crippen MR) is 438 cm³/mol. The average Bonchev–Trinajstić information content (AvgIpc) is 0.693. The number of rotatable bonds is 14. The summed E-state index contributed by atoms with van der Waals surface area (Å²) in [5, 5.41) is 0. The van der Waals surface area contributed by atoms with Crippen molar-refractivity contribution >= 4 is 68.2 Å². The zero-order valence-electron chi connectivity index (χ0n) is 57.7. The molecule has 4 heterocycles. The highest BCUT2D eigenvalue weighted by molar-refractivity contribution is 6.20. The number of nitrogens with zero attached hydrogens (tertiary/aromatic N) is 8. The zero-order chi connectivity index (χ0) is 70.3. The molecular weight excluding hydrogens is 1290 g/mol. The second-order valence-electron chi connectivity index (χ2n) is 26.4. The highest BCUT2D eigenvalue weighted by atomic mass is 15.3. The lowest BCUT2D eigenvalue weighted by atomic mass is 9.79. The molecule has 2 aliphatic heterocycles. The van der Waals surface area contributed by atoms with Gasteiger partial charge in [-0.05, 0) is 107 Å². The van der Waals surface area contributed by atoms with Crippen LogP contribution in [-0.2, 0) is 0 Å². The molecule has 0 N–H and O–H groups in total. The van der Waals surface area contributed by atoms with Gasteiger partial charge in [0.1, 0.15) is 0 Å². The fraction of sp³-hybridized carbons (Fsp3) is 0. The van der Waals surface area contributed by atoms with E-state index in [0.29, 0.717) is 11.6 Å². The molecule has 0 radical (unpaired) electrons. The Hall–Kier alpha value is -14.3. The largest absolute Gasteiger partial charge is 0.306 e. The summed E-state index contributed by atoms with van der Waals surface area (Å²) in [7, 11) is 0. The molecule has 0 bridgehead atoms. The quantitative estimate of drug-likeness (QED) is 0.107. The molecule has 0 saturated carbocycles. The molecule has 8 nitrogen and oxygen atoms in total. The zero-order valence-corrected chi connectivity index (χ0v) is 57.7. The molecule has 0 fully saturated rings. The molecule has 2 aliphatic rings. The Morgan fingerprint density at radius 3 is 0.585 bits per heavy atom. The Kier molecular flexibility index (Phi) is 16.1. The smallest absolute Gasteiger partial charge is 0.160 e. The molecule has 17 aromatic rings. The predicted octanol–water partition coefficient (Wildman–Crippen LogP) is 26.4.